The SMILES string of the molecule is Cc1ccc(CNC(=O)C2(C(C)(C)F)CCCCC2)cc1-c1nc(OI)nc(-c2cccc(C(C)(C)C)c2)n1. The normalized spacial score (nSPS) is 15.6. The van der Waals surface area contributed by atoms with Crippen LogP contribution in [0.25, 0.3) is 22.8 Å². The minimum absolute atomic E-state index is 0.0165. The van der Waals surface area contributed by atoms with E-state index in [2.05, 4.69) is 48.2 Å². The van der Waals surface area contributed by atoms with Crippen molar-refractivity contribution in [3.63, 3.8) is 0 Å². The van der Waals surface area contributed by atoms with Gasteiger partial charge in [-0.15, -0.1) is 0 Å². The minimum atomic E-state index is -1.59. The number of amides is 1. The average Bonchev–Trinajstić information content (AvgIpc) is 2.91. The van der Waals surface area contributed by atoms with E-state index in [1.54, 1.807) is 23.0 Å². The Morgan fingerprint density at radius 2 is 1.69 bits per heavy atom. The Kier molecular flexibility index (Phi) is 8.64. The predicted octanol–water partition coefficient (Wildman–Crippen LogP) is 7.86. The van der Waals surface area contributed by atoms with Crippen LogP contribution in [0.2, 0.25) is 0 Å². The van der Waals surface area contributed by atoms with Crippen LogP contribution in [0.5, 0.6) is 6.01 Å². The quantitative estimate of drug-likeness (QED) is 0.265. The van der Waals surface area contributed by atoms with Crippen molar-refractivity contribution in [1.82, 2.24) is 20.3 Å². The van der Waals surface area contributed by atoms with Crippen LogP contribution in [0.4, 0.5) is 4.39 Å². The number of nitrogens with zero attached hydrogens (tertiary/aromatic N) is 3. The zero-order valence-electron chi connectivity index (χ0n) is 23.7. The first-order chi connectivity index (χ1) is 18.3. The highest BCUT2D eigenvalue weighted by atomic mass is 127. The Labute approximate surface area is 245 Å². The molecule has 1 aromatic heterocycles. The molecule has 1 fully saturated rings. The molecule has 39 heavy (non-hydrogen) atoms. The Hall–Kier alpha value is -2.62. The monoisotopic (exact) mass is 644 g/mol. The minimum Gasteiger partial charge on any atom is -0.392 e. The molecule has 1 N–H and O–H groups in total. The second-order valence-corrected chi connectivity index (χ2v) is 12.6. The van der Waals surface area contributed by atoms with Gasteiger partial charge in [0.1, 0.15) is 5.67 Å². The van der Waals surface area contributed by atoms with Crippen molar-refractivity contribution in [2.75, 3.05) is 0 Å². The van der Waals surface area contributed by atoms with Gasteiger partial charge in [0.15, 0.2) is 34.7 Å². The van der Waals surface area contributed by atoms with E-state index in [1.807, 2.05) is 37.3 Å². The summed E-state index contributed by atoms with van der Waals surface area (Å²) in [5.41, 5.74) is 2.17. The molecule has 0 saturated heterocycles. The number of carbonyl (C=O) groups excluding carboxylic acids is 1. The number of alkyl halides is 1. The maximum atomic E-state index is 15.3. The predicted molar refractivity (Wildman–Crippen MR) is 161 cm³/mol. The van der Waals surface area contributed by atoms with E-state index in [0.29, 0.717) is 31.0 Å². The molecule has 1 heterocycles. The highest BCUT2D eigenvalue weighted by Crippen LogP contribution is 2.47. The second kappa shape index (κ2) is 11.5. The van der Waals surface area contributed by atoms with Gasteiger partial charge >= 0.3 is 6.01 Å². The van der Waals surface area contributed by atoms with E-state index in [9.17, 15) is 4.79 Å². The highest BCUT2D eigenvalue weighted by molar-refractivity contribution is 14.1. The number of nitrogens with one attached hydrogen (secondary N) is 1. The van der Waals surface area contributed by atoms with Gasteiger partial charge in [-0.2, -0.15) is 9.97 Å². The number of hydrogen-bond donors (Lipinski definition) is 1. The zero-order chi connectivity index (χ0) is 28.4. The zero-order valence-corrected chi connectivity index (χ0v) is 25.9. The van der Waals surface area contributed by atoms with Gasteiger partial charge in [0.05, 0.1) is 5.41 Å². The molecule has 2 aromatic carbocycles. The number of aryl methyl sites for hydroxylation is 1. The summed E-state index contributed by atoms with van der Waals surface area (Å²) < 4.78 is 20.7. The van der Waals surface area contributed by atoms with Gasteiger partial charge in [-0.1, -0.05) is 70.4 Å². The largest absolute Gasteiger partial charge is 0.392 e. The number of rotatable bonds is 7. The van der Waals surface area contributed by atoms with Gasteiger partial charge in [0, 0.05) is 17.7 Å². The summed E-state index contributed by atoms with van der Waals surface area (Å²) >= 11 is 1.78. The summed E-state index contributed by atoms with van der Waals surface area (Å²) in [7, 11) is 0. The molecule has 0 aliphatic heterocycles. The summed E-state index contributed by atoms with van der Waals surface area (Å²) in [6, 6.07) is 14.4. The topological polar surface area (TPSA) is 77.0 Å². The van der Waals surface area contributed by atoms with Crippen LogP contribution in [0.15, 0.2) is 42.5 Å². The fourth-order valence-corrected chi connectivity index (χ4v) is 5.58. The lowest BCUT2D eigenvalue weighted by Gasteiger charge is -2.43. The maximum Gasteiger partial charge on any atom is 0.330 e. The molecule has 0 bridgehead atoms. The van der Waals surface area contributed by atoms with E-state index >= 15 is 4.39 Å². The van der Waals surface area contributed by atoms with Gasteiger partial charge in [0.2, 0.25) is 5.91 Å². The second-order valence-electron chi connectivity index (χ2n) is 12.1. The molecule has 6 nitrogen and oxygen atoms in total. The van der Waals surface area contributed by atoms with Crippen molar-refractivity contribution in [3.8, 4) is 28.8 Å². The molecule has 0 atom stereocenters. The van der Waals surface area contributed by atoms with Crippen molar-refractivity contribution >= 4 is 28.9 Å². The van der Waals surface area contributed by atoms with E-state index in [0.717, 1.165) is 41.5 Å². The summed E-state index contributed by atoms with van der Waals surface area (Å²) in [4.78, 5) is 27.2. The molecule has 1 saturated carbocycles. The van der Waals surface area contributed by atoms with Crippen molar-refractivity contribution in [2.24, 2.45) is 5.41 Å². The fraction of sp³-hybridized carbons (Fsp3) is 0.484. The Bertz CT molecular complexity index is 1340. The van der Waals surface area contributed by atoms with Crippen molar-refractivity contribution < 1.29 is 12.3 Å². The van der Waals surface area contributed by atoms with E-state index in [1.165, 1.54) is 19.4 Å². The third kappa shape index (κ3) is 6.42. The lowest BCUT2D eigenvalue weighted by Crippen LogP contribution is -2.52. The Balaban J connectivity index is 1.64. The van der Waals surface area contributed by atoms with Gasteiger partial charge in [-0.05, 0) is 67.9 Å². The van der Waals surface area contributed by atoms with Crippen LogP contribution in [0.1, 0.15) is 83.4 Å². The Morgan fingerprint density at radius 3 is 2.33 bits per heavy atom. The van der Waals surface area contributed by atoms with Crippen LogP contribution in [-0.4, -0.2) is 26.5 Å². The van der Waals surface area contributed by atoms with Crippen molar-refractivity contribution in [3.05, 3.63) is 59.2 Å². The van der Waals surface area contributed by atoms with Gasteiger partial charge < -0.3 is 8.38 Å². The molecule has 8 heteroatoms. The third-order valence-electron chi connectivity index (χ3n) is 7.95. The first kappa shape index (κ1) is 29.4. The maximum absolute atomic E-state index is 15.3. The van der Waals surface area contributed by atoms with Crippen molar-refractivity contribution in [1.29, 1.82) is 0 Å². The molecule has 0 spiro atoms. The number of carbonyl (C=O) groups is 1. The molecule has 0 radical (unpaired) electrons. The van der Waals surface area contributed by atoms with E-state index < -0.39 is 11.1 Å². The molecular weight excluding hydrogens is 606 g/mol. The summed E-state index contributed by atoms with van der Waals surface area (Å²) in [5, 5.41) is 3.04. The number of halogens is 2. The fourth-order valence-electron chi connectivity index (χ4n) is 5.38. The molecule has 1 aliphatic rings. The average molecular weight is 645 g/mol. The van der Waals surface area contributed by atoms with E-state index in [4.69, 9.17) is 8.05 Å². The summed E-state index contributed by atoms with van der Waals surface area (Å²) in [6.45, 7) is 11.9. The molecule has 4 rings (SSSR count). The van der Waals surface area contributed by atoms with Crippen LogP contribution >= 0.6 is 23.0 Å². The third-order valence-corrected chi connectivity index (χ3v) is 8.34. The van der Waals surface area contributed by atoms with Crippen molar-refractivity contribution in [2.45, 2.75) is 91.3 Å². The van der Waals surface area contributed by atoms with Gasteiger partial charge in [-0.3, -0.25) is 4.79 Å². The summed E-state index contributed by atoms with van der Waals surface area (Å²) in [6.07, 6.45) is 3.94. The molecule has 1 aliphatic carbocycles. The smallest absolute Gasteiger partial charge is 0.330 e. The van der Waals surface area contributed by atoms with E-state index in [-0.39, 0.29) is 17.3 Å². The number of aromatic nitrogens is 3. The van der Waals surface area contributed by atoms with Gasteiger partial charge in [0.25, 0.3) is 0 Å². The molecule has 208 valence electrons. The number of benzene rings is 2. The first-order valence-electron chi connectivity index (χ1n) is 13.6. The molecule has 3 aromatic rings. The standard InChI is InChI=1S/C31H38FIN4O2/c1-20-13-14-21(19-34-27(38)31(30(5,6)32)15-8-7-9-16-31)17-24(20)26-35-25(36-28(37-26)39-33)22-11-10-12-23(18-22)29(2,3)4/h10-14,17-18H,7-9,15-16,19H2,1-6H3,(H,34,38). The van der Waals surface area contributed by atoms with Crippen LogP contribution in [0.3, 0.4) is 0 Å². The molecule has 0 unspecified atom stereocenters. The highest BCUT2D eigenvalue weighted by Gasteiger charge is 2.51. The van der Waals surface area contributed by atoms with Crippen LogP contribution in [-0.2, 0) is 16.8 Å². The number of hydrogen-bond acceptors (Lipinski definition) is 5. The summed E-state index contributed by atoms with van der Waals surface area (Å²) in [5.74, 6) is 0.811. The molecule has 1 amide bonds. The first-order valence-corrected chi connectivity index (χ1v) is 14.4. The lowest BCUT2D eigenvalue weighted by molar-refractivity contribution is -0.143. The Morgan fingerprint density at radius 1 is 1.00 bits per heavy atom. The van der Waals surface area contributed by atoms with Crippen LogP contribution in [0, 0.1) is 12.3 Å². The lowest BCUT2D eigenvalue weighted by atomic mass is 9.64. The van der Waals surface area contributed by atoms with Gasteiger partial charge in [-0.25, -0.2) is 9.37 Å². The molecular formula is C31H38FIN4O2. The van der Waals surface area contributed by atoms with Crippen LogP contribution < -0.4 is 8.38 Å².